The van der Waals surface area contributed by atoms with Crippen molar-refractivity contribution < 1.29 is 27.4 Å². The van der Waals surface area contributed by atoms with Gasteiger partial charge < -0.3 is 14.0 Å². The Morgan fingerprint density at radius 3 is 2.55 bits per heavy atom. The summed E-state index contributed by atoms with van der Waals surface area (Å²) in [6.07, 6.45) is -3.74. The van der Waals surface area contributed by atoms with Gasteiger partial charge in [0.15, 0.2) is 0 Å². The Bertz CT molecular complexity index is 1040. The van der Waals surface area contributed by atoms with E-state index in [1.165, 1.54) is 49.2 Å². The highest BCUT2D eigenvalue weighted by Gasteiger charge is 2.41. The zero-order valence-electron chi connectivity index (χ0n) is 16.0. The van der Waals surface area contributed by atoms with Crippen LogP contribution in [-0.2, 0) is 16.6 Å². The van der Waals surface area contributed by atoms with Crippen LogP contribution in [0, 0.1) is 0 Å². The van der Waals surface area contributed by atoms with Gasteiger partial charge in [-0.15, -0.1) is 0 Å². The van der Waals surface area contributed by atoms with Crippen molar-refractivity contribution in [3.8, 4) is 16.9 Å². The van der Waals surface area contributed by atoms with Crippen LogP contribution < -0.4 is 10.3 Å². The fourth-order valence-electron chi connectivity index (χ4n) is 3.28. The quantitative estimate of drug-likeness (QED) is 0.727. The molecule has 0 fully saturated rings. The number of hydrogen-bond donors (Lipinski definition) is 0. The van der Waals surface area contributed by atoms with Crippen LogP contribution in [0.3, 0.4) is 0 Å². The van der Waals surface area contributed by atoms with Crippen molar-refractivity contribution in [3.05, 3.63) is 51.9 Å². The molecule has 0 amide bonds. The monoisotopic (exact) mass is 408 g/mol. The molecule has 1 atom stereocenters. The topological polar surface area (TPSA) is 69.9 Å². The molecule has 1 aromatic carbocycles. The fraction of sp³-hybridized carbons (Fsp3) is 0.350. The van der Waals surface area contributed by atoms with Gasteiger partial charge in [0.05, 0.1) is 26.2 Å². The molecule has 1 aliphatic heterocycles. The van der Waals surface area contributed by atoms with Gasteiger partial charge in [0.2, 0.25) is 0 Å². The lowest BCUT2D eigenvalue weighted by molar-refractivity contribution is -0.143. The number of aliphatic imine (C=N–C) groups is 1. The number of fused-ring (bicyclic) bond motifs is 3. The Kier molecular flexibility index (Phi) is 5.50. The van der Waals surface area contributed by atoms with Crippen molar-refractivity contribution in [3.63, 3.8) is 0 Å². The number of aromatic nitrogens is 1. The number of alkyl halides is 3. The fourth-order valence-corrected chi connectivity index (χ4v) is 3.28. The lowest BCUT2D eigenvalue weighted by atomic mass is 9.93. The van der Waals surface area contributed by atoms with Gasteiger partial charge in [-0.05, 0) is 36.2 Å². The molecule has 0 bridgehead atoms. The highest BCUT2D eigenvalue weighted by atomic mass is 19.4. The second kappa shape index (κ2) is 7.73. The molecule has 0 aliphatic carbocycles. The van der Waals surface area contributed by atoms with Crippen LogP contribution >= 0.6 is 0 Å². The minimum absolute atomic E-state index is 0.0855. The predicted octanol–water partition coefficient (Wildman–Crippen LogP) is 3.42. The third kappa shape index (κ3) is 4.03. The standard InChI is InChI=1S/C20H19F3N2O4/c1-4-29-18(27)9-16-13-8-17(26)25(2)10-15(13)12-6-5-11(28-3)7-14(12)19(24-16)20(21,22)23/h5-8,10,16H,4,9H2,1-3H3. The maximum Gasteiger partial charge on any atom is 0.433 e. The highest BCUT2D eigenvalue weighted by Crippen LogP contribution is 2.41. The van der Waals surface area contributed by atoms with E-state index >= 15 is 0 Å². The van der Waals surface area contributed by atoms with Crippen molar-refractivity contribution in [2.75, 3.05) is 13.7 Å². The molecule has 0 saturated heterocycles. The molecule has 1 aromatic heterocycles. The van der Waals surface area contributed by atoms with E-state index in [-0.39, 0.29) is 29.0 Å². The molecule has 0 radical (unpaired) electrons. The molecule has 9 heteroatoms. The minimum Gasteiger partial charge on any atom is -0.497 e. The molecule has 0 saturated carbocycles. The number of carbonyl (C=O) groups excluding carboxylic acids is 1. The second-order valence-electron chi connectivity index (χ2n) is 6.50. The summed E-state index contributed by atoms with van der Waals surface area (Å²) in [4.78, 5) is 28.1. The second-order valence-corrected chi connectivity index (χ2v) is 6.50. The lowest BCUT2D eigenvalue weighted by Crippen LogP contribution is -2.25. The maximum absolute atomic E-state index is 13.9. The average Bonchev–Trinajstić information content (AvgIpc) is 2.77. The van der Waals surface area contributed by atoms with Gasteiger partial charge in [0.1, 0.15) is 11.5 Å². The van der Waals surface area contributed by atoms with E-state index in [2.05, 4.69) is 4.99 Å². The summed E-state index contributed by atoms with van der Waals surface area (Å²) in [5.41, 5.74) is -0.846. The van der Waals surface area contributed by atoms with E-state index in [4.69, 9.17) is 9.47 Å². The summed E-state index contributed by atoms with van der Waals surface area (Å²) < 4.78 is 53.0. The lowest BCUT2D eigenvalue weighted by Gasteiger charge is -2.16. The van der Waals surface area contributed by atoms with Gasteiger partial charge in [-0.1, -0.05) is 0 Å². The summed E-state index contributed by atoms with van der Waals surface area (Å²) in [5.74, 6) is -0.464. The Hall–Kier alpha value is -3.10. The third-order valence-corrected chi connectivity index (χ3v) is 4.61. The van der Waals surface area contributed by atoms with Crippen LogP contribution in [0.5, 0.6) is 5.75 Å². The first-order valence-corrected chi connectivity index (χ1v) is 8.85. The number of esters is 1. The van der Waals surface area contributed by atoms with Gasteiger partial charge in [-0.25, -0.2) is 0 Å². The molecular weight excluding hydrogens is 389 g/mol. The van der Waals surface area contributed by atoms with Crippen molar-refractivity contribution in [1.82, 2.24) is 4.57 Å². The number of methoxy groups -OCH3 is 1. The zero-order chi connectivity index (χ0) is 21.3. The summed E-state index contributed by atoms with van der Waals surface area (Å²) in [6.45, 7) is 1.68. The normalized spacial score (nSPS) is 15.7. The summed E-state index contributed by atoms with van der Waals surface area (Å²) in [7, 11) is 2.85. The maximum atomic E-state index is 13.9. The number of benzene rings is 1. The molecule has 3 rings (SSSR count). The molecule has 0 spiro atoms. The van der Waals surface area contributed by atoms with Gasteiger partial charge in [0.25, 0.3) is 5.56 Å². The van der Waals surface area contributed by atoms with E-state index in [0.717, 1.165) is 0 Å². The first-order valence-electron chi connectivity index (χ1n) is 8.85. The SMILES string of the molecule is CCOC(=O)CC1N=C(C(F)(F)F)c2cc(OC)ccc2-c2cn(C)c(=O)cc21. The van der Waals surface area contributed by atoms with Crippen LogP contribution in [-0.4, -0.2) is 36.1 Å². The van der Waals surface area contributed by atoms with E-state index in [0.29, 0.717) is 5.56 Å². The molecular formula is C20H19F3N2O4. The van der Waals surface area contributed by atoms with Crippen molar-refractivity contribution in [2.24, 2.45) is 12.0 Å². The number of nitrogens with zero attached hydrogens (tertiary/aromatic N) is 2. The van der Waals surface area contributed by atoms with Crippen LogP contribution in [0.25, 0.3) is 11.1 Å². The van der Waals surface area contributed by atoms with Crippen molar-refractivity contribution in [2.45, 2.75) is 25.6 Å². The first-order chi connectivity index (χ1) is 13.7. The van der Waals surface area contributed by atoms with Crippen LogP contribution in [0.2, 0.25) is 0 Å². The zero-order valence-corrected chi connectivity index (χ0v) is 16.0. The summed E-state index contributed by atoms with van der Waals surface area (Å²) >= 11 is 0. The van der Waals surface area contributed by atoms with Crippen molar-refractivity contribution >= 4 is 11.7 Å². The number of rotatable bonds is 4. The summed E-state index contributed by atoms with van der Waals surface area (Å²) in [5, 5.41) is 0. The van der Waals surface area contributed by atoms with E-state index in [1.54, 1.807) is 6.92 Å². The molecule has 1 aliphatic rings. The number of pyridine rings is 1. The van der Waals surface area contributed by atoms with Crippen LogP contribution in [0.15, 0.2) is 40.2 Å². The van der Waals surface area contributed by atoms with Gasteiger partial charge in [0, 0.05) is 30.4 Å². The Balaban J connectivity index is 2.33. The molecule has 0 N–H and O–H groups in total. The van der Waals surface area contributed by atoms with Crippen LogP contribution in [0.1, 0.15) is 30.5 Å². The largest absolute Gasteiger partial charge is 0.497 e. The molecule has 6 nitrogen and oxygen atoms in total. The minimum atomic E-state index is -4.78. The molecule has 1 unspecified atom stereocenters. The molecule has 2 aromatic rings. The number of ether oxygens (including phenoxy) is 2. The number of carbonyl (C=O) groups is 1. The highest BCUT2D eigenvalue weighted by molar-refractivity contribution is 6.10. The average molecular weight is 408 g/mol. The van der Waals surface area contributed by atoms with Gasteiger partial charge >= 0.3 is 12.1 Å². The molecule has 2 heterocycles. The predicted molar refractivity (Wildman–Crippen MR) is 100 cm³/mol. The Labute approximate surface area is 164 Å². The van der Waals surface area contributed by atoms with Gasteiger partial charge in [-0.3, -0.25) is 14.6 Å². The van der Waals surface area contributed by atoms with E-state index < -0.39 is 35.9 Å². The van der Waals surface area contributed by atoms with Gasteiger partial charge in [-0.2, -0.15) is 13.2 Å². The first kappa shape index (κ1) is 20.6. The summed E-state index contributed by atoms with van der Waals surface area (Å²) in [6, 6.07) is 4.28. The number of hydrogen-bond acceptors (Lipinski definition) is 5. The Morgan fingerprint density at radius 1 is 1.21 bits per heavy atom. The molecule has 29 heavy (non-hydrogen) atoms. The van der Waals surface area contributed by atoms with Crippen LogP contribution in [0.4, 0.5) is 13.2 Å². The molecule has 154 valence electrons. The smallest absolute Gasteiger partial charge is 0.433 e. The number of aryl methyl sites for hydroxylation is 1. The van der Waals surface area contributed by atoms with Crippen molar-refractivity contribution in [1.29, 1.82) is 0 Å². The number of halogens is 3. The Morgan fingerprint density at radius 2 is 1.93 bits per heavy atom. The third-order valence-electron chi connectivity index (χ3n) is 4.61. The van der Waals surface area contributed by atoms with E-state index in [1.807, 2.05) is 0 Å². The van der Waals surface area contributed by atoms with E-state index in [9.17, 15) is 22.8 Å².